The molecule has 0 fully saturated rings. The lowest BCUT2D eigenvalue weighted by Gasteiger charge is -2.09. The number of non-ortho nitro benzene ring substituents is 1. The van der Waals surface area contributed by atoms with E-state index in [1.54, 1.807) is 42.6 Å². The molecular formula is C22H16N4O4. The summed E-state index contributed by atoms with van der Waals surface area (Å²) >= 11 is 0. The molecule has 0 aliphatic rings. The first-order valence-corrected chi connectivity index (χ1v) is 9.06. The van der Waals surface area contributed by atoms with Gasteiger partial charge in [0.05, 0.1) is 4.92 Å². The molecule has 2 aromatic carbocycles. The highest BCUT2D eigenvalue weighted by Crippen LogP contribution is 2.30. The van der Waals surface area contributed by atoms with E-state index >= 15 is 0 Å². The van der Waals surface area contributed by atoms with Crippen molar-refractivity contribution in [1.82, 2.24) is 9.97 Å². The van der Waals surface area contributed by atoms with Gasteiger partial charge in [-0.2, -0.15) is 4.98 Å². The van der Waals surface area contributed by atoms with Gasteiger partial charge in [0.1, 0.15) is 0 Å². The number of pyridine rings is 1. The Hall–Kier alpha value is -4.33. The van der Waals surface area contributed by atoms with Gasteiger partial charge in [-0.05, 0) is 48.4 Å². The molecule has 2 aromatic heterocycles. The van der Waals surface area contributed by atoms with E-state index in [0.717, 1.165) is 11.1 Å². The van der Waals surface area contributed by atoms with Gasteiger partial charge in [-0.3, -0.25) is 14.9 Å². The first-order valence-electron chi connectivity index (χ1n) is 9.06. The number of nitrogens with one attached hydrogen (secondary N) is 1. The van der Waals surface area contributed by atoms with Crippen LogP contribution >= 0.6 is 0 Å². The number of anilines is 1. The van der Waals surface area contributed by atoms with Crippen LogP contribution in [0.4, 0.5) is 11.4 Å². The minimum atomic E-state index is -0.478. The van der Waals surface area contributed by atoms with Gasteiger partial charge in [-0.25, -0.2) is 4.98 Å². The molecule has 30 heavy (non-hydrogen) atoms. The van der Waals surface area contributed by atoms with Gasteiger partial charge in [0, 0.05) is 35.7 Å². The number of hydrogen-bond donors (Lipinski definition) is 1. The summed E-state index contributed by atoms with van der Waals surface area (Å²) in [6.07, 6.45) is 4.49. The zero-order valence-corrected chi connectivity index (χ0v) is 15.9. The second-order valence-electron chi connectivity index (χ2n) is 6.50. The molecule has 8 heteroatoms. The maximum atomic E-state index is 12.4. The van der Waals surface area contributed by atoms with E-state index < -0.39 is 4.92 Å². The van der Waals surface area contributed by atoms with Gasteiger partial charge in [0.15, 0.2) is 11.2 Å². The largest absolute Gasteiger partial charge is 0.434 e. The Morgan fingerprint density at radius 1 is 1.17 bits per heavy atom. The van der Waals surface area contributed by atoms with Crippen molar-refractivity contribution in [1.29, 1.82) is 0 Å². The van der Waals surface area contributed by atoms with Crippen LogP contribution in [0.15, 0.2) is 71.3 Å². The normalized spacial score (nSPS) is 11.1. The van der Waals surface area contributed by atoms with Crippen molar-refractivity contribution >= 4 is 34.6 Å². The molecular weight excluding hydrogens is 384 g/mol. The van der Waals surface area contributed by atoms with E-state index in [9.17, 15) is 14.9 Å². The molecule has 4 rings (SSSR count). The summed E-state index contributed by atoms with van der Waals surface area (Å²) in [6, 6.07) is 15.0. The number of nitrogens with zero attached hydrogens (tertiary/aromatic N) is 3. The molecule has 0 saturated heterocycles. The highest BCUT2D eigenvalue weighted by atomic mass is 16.6. The lowest BCUT2D eigenvalue weighted by Crippen LogP contribution is -2.09. The Balaban J connectivity index is 1.55. The van der Waals surface area contributed by atoms with Crippen molar-refractivity contribution < 1.29 is 14.1 Å². The first kappa shape index (κ1) is 19.0. The molecule has 0 saturated carbocycles. The van der Waals surface area contributed by atoms with Crippen molar-refractivity contribution in [2.75, 3.05) is 5.32 Å². The van der Waals surface area contributed by atoms with E-state index in [2.05, 4.69) is 15.3 Å². The molecule has 2 heterocycles. The minimum absolute atomic E-state index is 0.0334. The van der Waals surface area contributed by atoms with Gasteiger partial charge >= 0.3 is 0 Å². The quantitative estimate of drug-likeness (QED) is 0.294. The molecule has 0 atom stereocenters. The number of amides is 1. The monoisotopic (exact) mass is 400 g/mol. The van der Waals surface area contributed by atoms with Crippen LogP contribution in [-0.4, -0.2) is 20.8 Å². The number of carbonyl (C=O) groups is 1. The fourth-order valence-corrected chi connectivity index (χ4v) is 2.98. The molecule has 0 aliphatic carbocycles. The number of nitro benzene ring substituents is 1. The minimum Gasteiger partial charge on any atom is -0.434 e. The van der Waals surface area contributed by atoms with Crippen LogP contribution in [0.1, 0.15) is 11.1 Å². The van der Waals surface area contributed by atoms with Crippen molar-refractivity contribution in [2.45, 2.75) is 6.92 Å². The molecule has 148 valence electrons. The van der Waals surface area contributed by atoms with Crippen LogP contribution in [-0.2, 0) is 4.79 Å². The van der Waals surface area contributed by atoms with E-state index in [1.807, 2.05) is 13.0 Å². The molecule has 0 aliphatic heterocycles. The maximum absolute atomic E-state index is 12.4. The summed E-state index contributed by atoms with van der Waals surface area (Å²) in [7, 11) is 0. The number of carbonyl (C=O) groups excluding carboxylic acids is 1. The molecule has 4 aromatic rings. The topological polar surface area (TPSA) is 111 Å². The Labute approximate surface area is 171 Å². The van der Waals surface area contributed by atoms with Gasteiger partial charge in [-0.15, -0.1) is 0 Å². The number of rotatable bonds is 5. The SMILES string of the molecule is Cc1c(NC(=O)/C=C/c2cccc([N+](=O)[O-])c2)cccc1-c1nc2ncccc2o1. The second kappa shape index (κ2) is 7.96. The third-order valence-electron chi connectivity index (χ3n) is 4.50. The Morgan fingerprint density at radius 3 is 2.80 bits per heavy atom. The van der Waals surface area contributed by atoms with Gasteiger partial charge in [0.2, 0.25) is 11.8 Å². The molecule has 8 nitrogen and oxygen atoms in total. The predicted octanol–water partition coefficient (Wildman–Crippen LogP) is 4.76. The number of nitro groups is 1. The average molecular weight is 400 g/mol. The smallest absolute Gasteiger partial charge is 0.270 e. The number of hydrogen-bond acceptors (Lipinski definition) is 6. The molecule has 1 N–H and O–H groups in total. The number of fused-ring (bicyclic) bond motifs is 1. The van der Waals surface area contributed by atoms with Crippen LogP contribution in [0.5, 0.6) is 0 Å². The van der Waals surface area contributed by atoms with Gasteiger partial charge in [0.25, 0.3) is 5.69 Å². The van der Waals surface area contributed by atoms with Crippen molar-refractivity contribution in [3.8, 4) is 11.5 Å². The second-order valence-corrected chi connectivity index (χ2v) is 6.50. The zero-order chi connectivity index (χ0) is 21.1. The molecule has 1 amide bonds. The number of aromatic nitrogens is 2. The highest BCUT2D eigenvalue weighted by Gasteiger charge is 2.14. The molecule has 0 unspecified atom stereocenters. The van der Waals surface area contributed by atoms with E-state index in [4.69, 9.17) is 4.42 Å². The van der Waals surface area contributed by atoms with Gasteiger partial charge < -0.3 is 9.73 Å². The molecule has 0 spiro atoms. The van der Waals surface area contributed by atoms with Crippen LogP contribution in [0, 0.1) is 17.0 Å². The van der Waals surface area contributed by atoms with Crippen LogP contribution in [0.2, 0.25) is 0 Å². The predicted molar refractivity (Wildman–Crippen MR) is 113 cm³/mol. The van der Waals surface area contributed by atoms with E-state index in [1.165, 1.54) is 24.3 Å². The Morgan fingerprint density at radius 2 is 2.00 bits per heavy atom. The zero-order valence-electron chi connectivity index (χ0n) is 15.9. The summed E-state index contributed by atoms with van der Waals surface area (Å²) in [4.78, 5) is 31.3. The average Bonchev–Trinajstić information content (AvgIpc) is 3.18. The van der Waals surface area contributed by atoms with Crippen LogP contribution in [0.3, 0.4) is 0 Å². The summed E-state index contributed by atoms with van der Waals surface area (Å²) in [5, 5.41) is 13.7. The summed E-state index contributed by atoms with van der Waals surface area (Å²) < 4.78 is 5.78. The van der Waals surface area contributed by atoms with E-state index in [0.29, 0.717) is 28.4 Å². The van der Waals surface area contributed by atoms with Crippen molar-refractivity contribution in [3.63, 3.8) is 0 Å². The fraction of sp³-hybridized carbons (Fsp3) is 0.0455. The molecule has 0 bridgehead atoms. The summed E-state index contributed by atoms with van der Waals surface area (Å²) in [5.74, 6) is 0.0606. The van der Waals surface area contributed by atoms with Crippen LogP contribution in [0.25, 0.3) is 28.8 Å². The third kappa shape index (κ3) is 3.93. The Kier molecular flexibility index (Phi) is 5.04. The molecule has 0 radical (unpaired) electrons. The summed E-state index contributed by atoms with van der Waals surface area (Å²) in [5.41, 5.74) is 3.77. The lowest BCUT2D eigenvalue weighted by atomic mass is 10.1. The number of benzene rings is 2. The van der Waals surface area contributed by atoms with Crippen molar-refractivity contribution in [3.05, 3.63) is 88.1 Å². The fourth-order valence-electron chi connectivity index (χ4n) is 2.98. The van der Waals surface area contributed by atoms with Crippen molar-refractivity contribution in [2.24, 2.45) is 0 Å². The third-order valence-corrected chi connectivity index (χ3v) is 4.50. The number of oxazole rings is 1. The van der Waals surface area contributed by atoms with Crippen LogP contribution < -0.4 is 5.32 Å². The van der Waals surface area contributed by atoms with E-state index in [-0.39, 0.29) is 11.6 Å². The lowest BCUT2D eigenvalue weighted by molar-refractivity contribution is -0.384. The Bertz CT molecular complexity index is 1260. The van der Waals surface area contributed by atoms with Gasteiger partial charge in [-0.1, -0.05) is 18.2 Å². The highest BCUT2D eigenvalue weighted by molar-refractivity contribution is 6.02. The first-order chi connectivity index (χ1) is 14.5. The maximum Gasteiger partial charge on any atom is 0.270 e. The summed E-state index contributed by atoms with van der Waals surface area (Å²) in [6.45, 7) is 1.86. The standard InChI is InChI=1S/C22H16N4O4/c1-14-17(22-25-21-19(30-22)9-4-12-23-21)7-3-8-18(14)24-20(27)11-10-15-5-2-6-16(13-15)26(28)29/h2-13H,1H3,(H,24,27)/b11-10+.